The van der Waals surface area contributed by atoms with Crippen LogP contribution in [0.2, 0.25) is 5.02 Å². The van der Waals surface area contributed by atoms with Crippen molar-refractivity contribution in [1.29, 1.82) is 0 Å². The molecule has 0 spiro atoms. The summed E-state index contributed by atoms with van der Waals surface area (Å²) < 4.78 is 5.85. The first-order valence-electron chi connectivity index (χ1n) is 9.55. The molecule has 3 N–H and O–H groups in total. The Morgan fingerprint density at radius 3 is 2.75 bits per heavy atom. The van der Waals surface area contributed by atoms with Gasteiger partial charge in [-0.15, -0.1) is 0 Å². The molecule has 1 atom stereocenters. The second kappa shape index (κ2) is 7.39. The van der Waals surface area contributed by atoms with Crippen LogP contribution in [0, 0.1) is 6.92 Å². The monoisotopic (exact) mass is 403 g/mol. The van der Waals surface area contributed by atoms with Crippen LogP contribution in [-0.4, -0.2) is 53.5 Å². The van der Waals surface area contributed by atoms with E-state index >= 15 is 0 Å². The number of aromatic nitrogens is 2. The molecule has 0 amide bonds. The smallest absolute Gasteiger partial charge is 0.222 e. The van der Waals surface area contributed by atoms with Gasteiger partial charge in [-0.05, 0) is 38.0 Å². The molecule has 0 radical (unpaired) electrons. The lowest BCUT2D eigenvalue weighted by atomic mass is 9.95. The van der Waals surface area contributed by atoms with Gasteiger partial charge < -0.3 is 25.4 Å². The minimum Gasteiger partial charge on any atom is -0.386 e. The molecule has 0 bridgehead atoms. The molecule has 2 saturated heterocycles. The molecule has 1 aromatic carbocycles. The van der Waals surface area contributed by atoms with Gasteiger partial charge in [-0.1, -0.05) is 17.7 Å². The maximum Gasteiger partial charge on any atom is 0.222 e. The molecule has 150 valence electrons. The van der Waals surface area contributed by atoms with Crippen molar-refractivity contribution < 1.29 is 9.84 Å². The average molecular weight is 404 g/mol. The van der Waals surface area contributed by atoms with Crippen molar-refractivity contribution in [1.82, 2.24) is 9.97 Å². The Balaban J connectivity index is 1.64. The number of anilines is 3. The number of halogens is 1. The number of aryl methyl sites for hydroxylation is 1. The van der Waals surface area contributed by atoms with Gasteiger partial charge in [0.25, 0.3) is 0 Å². The number of aliphatic hydroxyl groups is 1. The van der Waals surface area contributed by atoms with Crippen LogP contribution in [-0.2, 0) is 4.74 Å². The molecule has 7 nitrogen and oxygen atoms in total. The first kappa shape index (κ1) is 19.2. The molecular weight excluding hydrogens is 378 g/mol. The predicted molar refractivity (Wildman–Crippen MR) is 111 cm³/mol. The summed E-state index contributed by atoms with van der Waals surface area (Å²) in [6.45, 7) is 7.01. The van der Waals surface area contributed by atoms with E-state index in [1.54, 1.807) is 0 Å². The topological polar surface area (TPSA) is 87.7 Å². The largest absolute Gasteiger partial charge is 0.386 e. The van der Waals surface area contributed by atoms with Gasteiger partial charge in [0.2, 0.25) is 5.95 Å². The number of nitrogen functional groups attached to an aromatic ring is 1. The van der Waals surface area contributed by atoms with Crippen molar-refractivity contribution in [3.05, 3.63) is 40.5 Å². The zero-order valence-electron chi connectivity index (χ0n) is 16.2. The lowest BCUT2D eigenvalue weighted by molar-refractivity contribution is 0.0310. The van der Waals surface area contributed by atoms with E-state index < -0.39 is 5.60 Å². The molecule has 2 aliphatic rings. The maximum absolute atomic E-state index is 9.99. The van der Waals surface area contributed by atoms with E-state index in [-0.39, 0.29) is 12.0 Å². The fraction of sp³-hybridized carbons (Fsp3) is 0.500. The Hall–Kier alpha value is -2.09. The third-order valence-corrected chi connectivity index (χ3v) is 5.59. The van der Waals surface area contributed by atoms with E-state index in [0.717, 1.165) is 35.7 Å². The number of hydrogen-bond donors (Lipinski definition) is 2. The van der Waals surface area contributed by atoms with Gasteiger partial charge >= 0.3 is 0 Å². The molecule has 28 heavy (non-hydrogen) atoms. The minimum absolute atomic E-state index is 0.0581. The van der Waals surface area contributed by atoms with E-state index in [2.05, 4.69) is 31.9 Å². The first-order valence-corrected chi connectivity index (χ1v) is 9.92. The molecule has 2 aliphatic heterocycles. The fourth-order valence-corrected chi connectivity index (χ4v) is 4.27. The standard InChI is InChI=1S/C20H26ClN5O2/c1-13-8-18(24-19(22)23-13)26-6-3-7-28-10-17(26)15-5-4-14(9-16(15)21)25-11-20(2,27)12-25/h4-5,8-9,17,27H,3,6-7,10-12H2,1-2H3,(H2,22,23,24). The number of hydrogen-bond acceptors (Lipinski definition) is 7. The number of benzene rings is 1. The third-order valence-electron chi connectivity index (χ3n) is 5.26. The van der Waals surface area contributed by atoms with E-state index in [1.165, 1.54) is 0 Å². The van der Waals surface area contributed by atoms with Crippen LogP contribution in [0.15, 0.2) is 24.3 Å². The number of β-amino-alcohol motifs (C(OH)–C–C–N with tert-alkyl or cyclic N) is 1. The molecule has 0 aliphatic carbocycles. The average Bonchev–Trinajstić information content (AvgIpc) is 2.84. The molecule has 2 aromatic rings. The first-order chi connectivity index (χ1) is 13.3. The normalized spacial score (nSPS) is 21.9. The van der Waals surface area contributed by atoms with Crippen LogP contribution in [0.3, 0.4) is 0 Å². The highest BCUT2D eigenvalue weighted by Crippen LogP contribution is 2.36. The zero-order valence-corrected chi connectivity index (χ0v) is 17.0. The number of rotatable bonds is 3. The summed E-state index contributed by atoms with van der Waals surface area (Å²) in [6, 6.07) is 7.96. The molecule has 4 rings (SSSR count). The minimum atomic E-state index is -0.623. The van der Waals surface area contributed by atoms with Gasteiger partial charge in [-0.25, -0.2) is 4.98 Å². The molecule has 3 heterocycles. The van der Waals surface area contributed by atoms with Gasteiger partial charge in [-0.2, -0.15) is 4.98 Å². The van der Waals surface area contributed by atoms with Crippen LogP contribution >= 0.6 is 11.6 Å². The van der Waals surface area contributed by atoms with Gasteiger partial charge in [0.05, 0.1) is 18.2 Å². The summed E-state index contributed by atoms with van der Waals surface area (Å²) in [4.78, 5) is 12.9. The summed E-state index contributed by atoms with van der Waals surface area (Å²) in [7, 11) is 0. The Bertz CT molecular complexity index is 847. The summed E-state index contributed by atoms with van der Waals surface area (Å²) in [5.74, 6) is 1.06. The SMILES string of the molecule is Cc1cc(N2CCCOCC2c2ccc(N3CC(C)(O)C3)cc2Cl)nc(N)n1. The number of nitrogens with two attached hydrogens (primary N) is 1. The molecule has 1 aromatic heterocycles. The van der Waals surface area contributed by atoms with Crippen molar-refractivity contribution in [2.75, 3.05) is 48.4 Å². The molecule has 2 fully saturated rings. The maximum atomic E-state index is 9.99. The molecular formula is C20H26ClN5O2. The van der Waals surface area contributed by atoms with Gasteiger partial charge in [0, 0.05) is 48.7 Å². The van der Waals surface area contributed by atoms with Crippen LogP contribution in [0.1, 0.15) is 30.6 Å². The van der Waals surface area contributed by atoms with Crippen molar-refractivity contribution in [3.63, 3.8) is 0 Å². The Labute approximate surface area is 170 Å². The molecule has 8 heteroatoms. The summed E-state index contributed by atoms with van der Waals surface area (Å²) >= 11 is 6.70. The van der Waals surface area contributed by atoms with E-state index in [0.29, 0.717) is 31.3 Å². The third kappa shape index (κ3) is 3.87. The number of ether oxygens (including phenoxy) is 1. The summed E-state index contributed by atoms with van der Waals surface area (Å²) in [6.07, 6.45) is 0.901. The van der Waals surface area contributed by atoms with Crippen molar-refractivity contribution >= 4 is 29.1 Å². The number of nitrogens with zero attached hydrogens (tertiary/aromatic N) is 4. The predicted octanol–water partition coefficient (Wildman–Crippen LogP) is 2.56. The molecule has 1 unspecified atom stereocenters. The van der Waals surface area contributed by atoms with Crippen molar-refractivity contribution in [2.24, 2.45) is 0 Å². The highest BCUT2D eigenvalue weighted by atomic mass is 35.5. The van der Waals surface area contributed by atoms with Crippen LogP contribution in [0.4, 0.5) is 17.5 Å². The quantitative estimate of drug-likeness (QED) is 0.814. The van der Waals surface area contributed by atoms with Crippen molar-refractivity contribution in [3.8, 4) is 0 Å². The fourth-order valence-electron chi connectivity index (χ4n) is 3.97. The van der Waals surface area contributed by atoms with Gasteiger partial charge in [0.15, 0.2) is 0 Å². The second-order valence-corrected chi connectivity index (χ2v) is 8.33. The van der Waals surface area contributed by atoms with Crippen LogP contribution < -0.4 is 15.5 Å². The van der Waals surface area contributed by atoms with E-state index in [4.69, 9.17) is 22.1 Å². The van der Waals surface area contributed by atoms with Crippen LogP contribution in [0.25, 0.3) is 0 Å². The summed E-state index contributed by atoms with van der Waals surface area (Å²) in [5, 5.41) is 10.7. The highest BCUT2D eigenvalue weighted by molar-refractivity contribution is 6.31. The summed E-state index contributed by atoms with van der Waals surface area (Å²) in [5.41, 5.74) is 8.10. The Morgan fingerprint density at radius 2 is 2.07 bits per heavy atom. The Kier molecular flexibility index (Phi) is 5.07. The van der Waals surface area contributed by atoms with E-state index in [9.17, 15) is 5.11 Å². The van der Waals surface area contributed by atoms with Crippen LogP contribution in [0.5, 0.6) is 0 Å². The van der Waals surface area contributed by atoms with Crippen molar-refractivity contribution in [2.45, 2.75) is 31.9 Å². The Morgan fingerprint density at radius 1 is 1.29 bits per heavy atom. The van der Waals surface area contributed by atoms with E-state index in [1.807, 2.05) is 26.0 Å². The molecule has 0 saturated carbocycles. The van der Waals surface area contributed by atoms with Gasteiger partial charge in [0.1, 0.15) is 5.82 Å². The lowest BCUT2D eigenvalue weighted by Crippen LogP contribution is -2.60. The second-order valence-electron chi connectivity index (χ2n) is 7.92. The zero-order chi connectivity index (χ0) is 19.9. The highest BCUT2D eigenvalue weighted by Gasteiger charge is 2.37. The lowest BCUT2D eigenvalue weighted by Gasteiger charge is -2.46. The van der Waals surface area contributed by atoms with Gasteiger partial charge in [-0.3, -0.25) is 0 Å².